The zero-order valence-electron chi connectivity index (χ0n) is 12.2. The molecule has 1 aromatic carbocycles. The number of morpholine rings is 1. The van der Waals surface area contributed by atoms with E-state index in [0.29, 0.717) is 23.7 Å². The summed E-state index contributed by atoms with van der Waals surface area (Å²) in [6, 6.07) is 5.08. The third-order valence-electron chi connectivity index (χ3n) is 3.20. The van der Waals surface area contributed by atoms with Gasteiger partial charge in [-0.25, -0.2) is 0 Å². The molecular formula is C15H21NO5. The number of nitrogens with zero attached hydrogens (tertiary/aromatic N) is 1. The Labute approximate surface area is 124 Å². The summed E-state index contributed by atoms with van der Waals surface area (Å²) in [5, 5.41) is 0. The molecule has 0 bridgehead atoms. The number of hydrogen-bond donors (Lipinski definition) is 0. The van der Waals surface area contributed by atoms with Crippen molar-refractivity contribution >= 4 is 6.29 Å². The number of rotatable bonds is 8. The van der Waals surface area contributed by atoms with Crippen molar-refractivity contribution in [2.24, 2.45) is 0 Å². The van der Waals surface area contributed by atoms with Crippen LogP contribution in [0.15, 0.2) is 18.2 Å². The van der Waals surface area contributed by atoms with Crippen molar-refractivity contribution in [2.75, 3.05) is 53.4 Å². The molecule has 0 amide bonds. The Hall–Kier alpha value is -1.63. The van der Waals surface area contributed by atoms with Gasteiger partial charge in [0.1, 0.15) is 12.9 Å². The molecule has 0 radical (unpaired) electrons. The molecule has 1 heterocycles. The fraction of sp³-hybridized carbons (Fsp3) is 0.533. The van der Waals surface area contributed by atoms with Gasteiger partial charge in [-0.15, -0.1) is 0 Å². The smallest absolute Gasteiger partial charge is 0.188 e. The van der Waals surface area contributed by atoms with E-state index < -0.39 is 0 Å². The summed E-state index contributed by atoms with van der Waals surface area (Å²) in [6.45, 7) is 4.87. The summed E-state index contributed by atoms with van der Waals surface area (Å²) in [6.07, 6.45) is 0.787. The molecule has 0 saturated carbocycles. The molecular weight excluding hydrogens is 274 g/mol. The number of methoxy groups -OCH3 is 1. The maximum Gasteiger partial charge on any atom is 0.188 e. The molecule has 0 N–H and O–H groups in total. The van der Waals surface area contributed by atoms with E-state index in [1.807, 2.05) is 0 Å². The van der Waals surface area contributed by atoms with Crippen LogP contribution in [0.25, 0.3) is 0 Å². The molecule has 0 spiro atoms. The largest absolute Gasteiger partial charge is 0.488 e. The van der Waals surface area contributed by atoms with Crippen LogP contribution < -0.4 is 9.47 Å². The standard InChI is InChI=1S/C15H21NO5/c1-18-12-21-14-3-2-13(11-17)10-15(14)20-9-6-16-4-7-19-8-5-16/h2-3,10-11H,4-9,12H2,1H3. The molecule has 116 valence electrons. The van der Waals surface area contributed by atoms with E-state index in [0.717, 1.165) is 39.1 Å². The lowest BCUT2D eigenvalue weighted by Crippen LogP contribution is -2.38. The van der Waals surface area contributed by atoms with Crippen molar-refractivity contribution in [1.29, 1.82) is 0 Å². The lowest BCUT2D eigenvalue weighted by atomic mass is 10.2. The highest BCUT2D eigenvalue weighted by molar-refractivity contribution is 5.76. The van der Waals surface area contributed by atoms with Crippen LogP contribution in [0.3, 0.4) is 0 Å². The van der Waals surface area contributed by atoms with Gasteiger partial charge < -0.3 is 18.9 Å². The quantitative estimate of drug-likeness (QED) is 0.530. The Bertz CT molecular complexity index is 446. The molecule has 1 aromatic rings. The Morgan fingerprint density at radius 2 is 2.05 bits per heavy atom. The molecule has 6 heteroatoms. The highest BCUT2D eigenvalue weighted by Crippen LogP contribution is 2.28. The number of carbonyl (C=O) groups is 1. The third-order valence-corrected chi connectivity index (χ3v) is 3.20. The van der Waals surface area contributed by atoms with Crippen LogP contribution in [0, 0.1) is 0 Å². The zero-order chi connectivity index (χ0) is 14.9. The van der Waals surface area contributed by atoms with Gasteiger partial charge in [0.05, 0.1) is 13.2 Å². The summed E-state index contributed by atoms with van der Waals surface area (Å²) in [5.74, 6) is 1.13. The van der Waals surface area contributed by atoms with Gasteiger partial charge in [0, 0.05) is 32.3 Å². The Kier molecular flexibility index (Phi) is 6.46. The number of aldehydes is 1. The summed E-state index contributed by atoms with van der Waals surface area (Å²) in [5.41, 5.74) is 0.557. The van der Waals surface area contributed by atoms with E-state index in [-0.39, 0.29) is 6.79 Å². The SMILES string of the molecule is COCOc1ccc(C=O)cc1OCCN1CCOCC1. The monoisotopic (exact) mass is 295 g/mol. The maximum atomic E-state index is 10.9. The van der Waals surface area contributed by atoms with Gasteiger partial charge in [-0.05, 0) is 18.2 Å². The average molecular weight is 295 g/mol. The summed E-state index contributed by atoms with van der Waals surface area (Å²) in [7, 11) is 1.55. The molecule has 0 atom stereocenters. The second kappa shape index (κ2) is 8.61. The molecule has 1 fully saturated rings. The first-order chi connectivity index (χ1) is 10.3. The van der Waals surface area contributed by atoms with Crippen LogP contribution in [0.1, 0.15) is 10.4 Å². The van der Waals surface area contributed by atoms with Crippen LogP contribution >= 0.6 is 0 Å². The van der Waals surface area contributed by atoms with Gasteiger partial charge in [0.25, 0.3) is 0 Å². The molecule has 0 unspecified atom stereocenters. The minimum absolute atomic E-state index is 0.139. The number of ether oxygens (including phenoxy) is 4. The summed E-state index contributed by atoms with van der Waals surface area (Å²) in [4.78, 5) is 13.1. The van der Waals surface area contributed by atoms with Gasteiger partial charge >= 0.3 is 0 Å². The van der Waals surface area contributed by atoms with E-state index in [1.54, 1.807) is 25.3 Å². The second-order valence-electron chi connectivity index (χ2n) is 4.68. The Morgan fingerprint density at radius 3 is 2.76 bits per heavy atom. The molecule has 2 rings (SSSR count). The zero-order valence-corrected chi connectivity index (χ0v) is 12.2. The fourth-order valence-electron chi connectivity index (χ4n) is 2.06. The van der Waals surface area contributed by atoms with Crippen molar-refractivity contribution in [1.82, 2.24) is 4.90 Å². The van der Waals surface area contributed by atoms with Crippen LogP contribution in [-0.2, 0) is 9.47 Å². The average Bonchev–Trinajstić information content (AvgIpc) is 2.54. The molecule has 1 aliphatic heterocycles. The summed E-state index contributed by atoms with van der Waals surface area (Å²) >= 11 is 0. The molecule has 1 aliphatic rings. The van der Waals surface area contributed by atoms with Crippen LogP contribution in [0.5, 0.6) is 11.5 Å². The van der Waals surface area contributed by atoms with Crippen molar-refractivity contribution in [3.05, 3.63) is 23.8 Å². The van der Waals surface area contributed by atoms with Gasteiger partial charge in [-0.1, -0.05) is 0 Å². The molecule has 1 saturated heterocycles. The molecule has 21 heavy (non-hydrogen) atoms. The second-order valence-corrected chi connectivity index (χ2v) is 4.68. The lowest BCUT2D eigenvalue weighted by Gasteiger charge is -2.26. The van der Waals surface area contributed by atoms with Crippen LogP contribution in [0.4, 0.5) is 0 Å². The van der Waals surface area contributed by atoms with Crippen molar-refractivity contribution < 1.29 is 23.7 Å². The van der Waals surface area contributed by atoms with Gasteiger partial charge in [0.15, 0.2) is 18.3 Å². The topological polar surface area (TPSA) is 57.2 Å². The highest BCUT2D eigenvalue weighted by atomic mass is 16.7. The minimum atomic E-state index is 0.139. The molecule has 0 aliphatic carbocycles. The van der Waals surface area contributed by atoms with Gasteiger partial charge in [0.2, 0.25) is 0 Å². The highest BCUT2D eigenvalue weighted by Gasteiger charge is 2.11. The Morgan fingerprint density at radius 1 is 1.24 bits per heavy atom. The van der Waals surface area contributed by atoms with Gasteiger partial charge in [-0.2, -0.15) is 0 Å². The minimum Gasteiger partial charge on any atom is -0.488 e. The fourth-order valence-corrected chi connectivity index (χ4v) is 2.06. The van der Waals surface area contributed by atoms with Crippen molar-refractivity contribution in [3.63, 3.8) is 0 Å². The lowest BCUT2D eigenvalue weighted by molar-refractivity contribution is 0.0307. The summed E-state index contributed by atoms with van der Waals surface area (Å²) < 4.78 is 21.4. The third kappa shape index (κ3) is 5.00. The van der Waals surface area contributed by atoms with E-state index in [4.69, 9.17) is 18.9 Å². The predicted molar refractivity (Wildman–Crippen MR) is 77.1 cm³/mol. The first-order valence-corrected chi connectivity index (χ1v) is 6.97. The first-order valence-electron chi connectivity index (χ1n) is 6.97. The Balaban J connectivity index is 1.90. The van der Waals surface area contributed by atoms with E-state index >= 15 is 0 Å². The van der Waals surface area contributed by atoms with E-state index in [2.05, 4.69) is 4.90 Å². The van der Waals surface area contributed by atoms with E-state index in [9.17, 15) is 4.79 Å². The van der Waals surface area contributed by atoms with Gasteiger partial charge in [-0.3, -0.25) is 9.69 Å². The van der Waals surface area contributed by atoms with Crippen molar-refractivity contribution in [2.45, 2.75) is 0 Å². The van der Waals surface area contributed by atoms with Crippen LogP contribution in [0.2, 0.25) is 0 Å². The number of hydrogen-bond acceptors (Lipinski definition) is 6. The van der Waals surface area contributed by atoms with Crippen LogP contribution in [-0.4, -0.2) is 64.5 Å². The number of benzene rings is 1. The normalized spacial score (nSPS) is 15.7. The molecule has 6 nitrogen and oxygen atoms in total. The first kappa shape index (κ1) is 15.8. The molecule has 0 aromatic heterocycles. The maximum absolute atomic E-state index is 10.9. The van der Waals surface area contributed by atoms with E-state index in [1.165, 1.54) is 0 Å². The van der Waals surface area contributed by atoms with Crippen molar-refractivity contribution in [3.8, 4) is 11.5 Å². The number of carbonyl (C=O) groups excluding carboxylic acids is 1. The predicted octanol–water partition coefficient (Wildman–Crippen LogP) is 1.19.